The summed E-state index contributed by atoms with van der Waals surface area (Å²) >= 11 is 0. The number of benzene rings is 2. The molecule has 2 aromatic carbocycles. The molecule has 0 spiro atoms. The minimum absolute atomic E-state index is 0.0128. The fraction of sp³-hybridized carbons (Fsp3) is 0.286. The van der Waals surface area contributed by atoms with Gasteiger partial charge in [0.1, 0.15) is 11.5 Å². The van der Waals surface area contributed by atoms with E-state index in [1.165, 1.54) is 0 Å². The minimum atomic E-state index is -0.0128. The number of amides is 1. The number of nitrogens with one attached hydrogen (secondary N) is 1. The van der Waals surface area contributed by atoms with Crippen molar-refractivity contribution >= 4 is 16.8 Å². The minimum Gasteiger partial charge on any atom is -0.497 e. The number of para-hydroxylation sites is 1. The van der Waals surface area contributed by atoms with Crippen LogP contribution in [0.5, 0.6) is 11.5 Å². The van der Waals surface area contributed by atoms with E-state index in [0.717, 1.165) is 52.9 Å². The SMILES string of the molecule is COc1ccc(OC)c(C2CCCN2C(=O)c2c[nH]c3ccccc23)c1. The van der Waals surface area contributed by atoms with E-state index in [4.69, 9.17) is 9.47 Å². The molecule has 5 heteroatoms. The molecule has 1 fully saturated rings. The molecule has 1 aliphatic heterocycles. The summed E-state index contributed by atoms with van der Waals surface area (Å²) in [5.41, 5.74) is 2.69. The van der Waals surface area contributed by atoms with Crippen molar-refractivity contribution in [3.8, 4) is 11.5 Å². The highest BCUT2D eigenvalue weighted by molar-refractivity contribution is 6.06. The molecular weight excluding hydrogens is 328 g/mol. The van der Waals surface area contributed by atoms with E-state index >= 15 is 0 Å². The van der Waals surface area contributed by atoms with E-state index in [1.807, 2.05) is 53.6 Å². The first-order chi connectivity index (χ1) is 12.7. The number of hydrogen-bond donors (Lipinski definition) is 1. The number of hydrogen-bond acceptors (Lipinski definition) is 3. The zero-order chi connectivity index (χ0) is 18.1. The number of likely N-dealkylation sites (tertiary alicyclic amines) is 1. The highest BCUT2D eigenvalue weighted by atomic mass is 16.5. The van der Waals surface area contributed by atoms with Gasteiger partial charge in [-0.05, 0) is 37.1 Å². The largest absolute Gasteiger partial charge is 0.497 e. The smallest absolute Gasteiger partial charge is 0.256 e. The Hall–Kier alpha value is -2.95. The first-order valence-corrected chi connectivity index (χ1v) is 8.82. The molecule has 26 heavy (non-hydrogen) atoms. The number of aromatic amines is 1. The predicted molar refractivity (Wildman–Crippen MR) is 101 cm³/mol. The summed E-state index contributed by atoms with van der Waals surface area (Å²) in [5, 5.41) is 0.959. The summed E-state index contributed by atoms with van der Waals surface area (Å²) in [4.78, 5) is 18.4. The van der Waals surface area contributed by atoms with Gasteiger partial charge in [-0.1, -0.05) is 18.2 Å². The van der Waals surface area contributed by atoms with Gasteiger partial charge in [-0.3, -0.25) is 4.79 Å². The summed E-state index contributed by atoms with van der Waals surface area (Å²) < 4.78 is 10.9. The van der Waals surface area contributed by atoms with Crippen LogP contribution < -0.4 is 9.47 Å². The van der Waals surface area contributed by atoms with Crippen molar-refractivity contribution in [3.05, 3.63) is 59.8 Å². The Balaban J connectivity index is 1.72. The van der Waals surface area contributed by atoms with E-state index in [9.17, 15) is 4.79 Å². The molecule has 0 saturated carbocycles. The van der Waals surface area contributed by atoms with Crippen molar-refractivity contribution in [2.45, 2.75) is 18.9 Å². The molecule has 1 amide bonds. The number of fused-ring (bicyclic) bond motifs is 1. The van der Waals surface area contributed by atoms with Crippen molar-refractivity contribution in [3.63, 3.8) is 0 Å². The zero-order valence-corrected chi connectivity index (χ0v) is 15.0. The van der Waals surface area contributed by atoms with Crippen molar-refractivity contribution in [2.75, 3.05) is 20.8 Å². The number of carbonyl (C=O) groups is 1. The van der Waals surface area contributed by atoms with Crippen molar-refractivity contribution in [1.29, 1.82) is 0 Å². The van der Waals surface area contributed by atoms with Crippen LogP contribution in [-0.4, -0.2) is 36.6 Å². The van der Waals surface area contributed by atoms with Crippen molar-refractivity contribution in [1.82, 2.24) is 9.88 Å². The second kappa shape index (κ2) is 6.75. The van der Waals surface area contributed by atoms with E-state index in [2.05, 4.69) is 4.98 Å². The Labute approximate surface area is 152 Å². The summed E-state index contributed by atoms with van der Waals surface area (Å²) in [6, 6.07) is 13.6. The van der Waals surface area contributed by atoms with Crippen LogP contribution >= 0.6 is 0 Å². The Morgan fingerprint density at radius 1 is 1.15 bits per heavy atom. The maximum Gasteiger partial charge on any atom is 0.256 e. The molecular formula is C21H22N2O3. The molecule has 0 radical (unpaired) electrons. The van der Waals surface area contributed by atoms with Crippen LogP contribution in [0.25, 0.3) is 10.9 Å². The molecule has 0 bridgehead atoms. The molecule has 0 aliphatic carbocycles. The summed E-state index contributed by atoms with van der Waals surface area (Å²) in [6.45, 7) is 0.739. The van der Waals surface area contributed by atoms with Gasteiger partial charge in [-0.2, -0.15) is 0 Å². The monoisotopic (exact) mass is 350 g/mol. The van der Waals surface area contributed by atoms with Crippen LogP contribution in [0.15, 0.2) is 48.7 Å². The lowest BCUT2D eigenvalue weighted by Gasteiger charge is -2.26. The molecule has 1 atom stereocenters. The first-order valence-electron chi connectivity index (χ1n) is 8.82. The highest BCUT2D eigenvalue weighted by Crippen LogP contribution is 2.40. The lowest BCUT2D eigenvalue weighted by Crippen LogP contribution is -2.30. The van der Waals surface area contributed by atoms with Crippen molar-refractivity contribution < 1.29 is 14.3 Å². The van der Waals surface area contributed by atoms with Gasteiger partial charge in [0.25, 0.3) is 5.91 Å². The quantitative estimate of drug-likeness (QED) is 0.769. The van der Waals surface area contributed by atoms with E-state index in [-0.39, 0.29) is 11.9 Å². The van der Waals surface area contributed by atoms with Gasteiger partial charge in [0.15, 0.2) is 0 Å². The molecule has 1 N–H and O–H groups in total. The Morgan fingerprint density at radius 3 is 2.81 bits per heavy atom. The number of methoxy groups -OCH3 is 2. The van der Waals surface area contributed by atoms with Gasteiger partial charge in [0.05, 0.1) is 25.8 Å². The third kappa shape index (κ3) is 2.69. The van der Waals surface area contributed by atoms with Gasteiger partial charge >= 0.3 is 0 Å². The molecule has 1 aromatic heterocycles. The topological polar surface area (TPSA) is 54.6 Å². The molecule has 5 nitrogen and oxygen atoms in total. The van der Waals surface area contributed by atoms with Crippen LogP contribution in [-0.2, 0) is 0 Å². The average Bonchev–Trinajstić information content (AvgIpc) is 3.34. The van der Waals surface area contributed by atoms with Crippen LogP contribution in [0.3, 0.4) is 0 Å². The van der Waals surface area contributed by atoms with Crippen LogP contribution in [0.4, 0.5) is 0 Å². The average molecular weight is 350 g/mol. The lowest BCUT2D eigenvalue weighted by atomic mass is 10.0. The van der Waals surface area contributed by atoms with Gasteiger partial charge in [0, 0.05) is 29.2 Å². The Bertz CT molecular complexity index is 947. The van der Waals surface area contributed by atoms with Gasteiger partial charge < -0.3 is 19.4 Å². The van der Waals surface area contributed by atoms with Crippen LogP contribution in [0, 0.1) is 0 Å². The Kier molecular flexibility index (Phi) is 4.29. The standard InChI is InChI=1S/C21H22N2O3/c1-25-14-9-10-20(26-2)16(12-14)19-8-5-11-23(19)21(24)17-13-22-18-7-4-3-6-15(17)18/h3-4,6-7,9-10,12-13,19,22H,5,8,11H2,1-2H3. The highest BCUT2D eigenvalue weighted by Gasteiger charge is 2.33. The fourth-order valence-corrected chi connectivity index (χ4v) is 3.84. The van der Waals surface area contributed by atoms with Crippen LogP contribution in [0.1, 0.15) is 34.8 Å². The third-order valence-corrected chi connectivity index (χ3v) is 5.13. The first kappa shape index (κ1) is 16.5. The predicted octanol–water partition coefficient (Wildman–Crippen LogP) is 4.16. The molecule has 1 unspecified atom stereocenters. The maximum absolute atomic E-state index is 13.3. The van der Waals surface area contributed by atoms with Crippen molar-refractivity contribution in [2.24, 2.45) is 0 Å². The number of nitrogens with zero attached hydrogens (tertiary/aromatic N) is 1. The molecule has 4 rings (SSSR count). The van der Waals surface area contributed by atoms with E-state index in [0.29, 0.717) is 0 Å². The van der Waals surface area contributed by atoms with Gasteiger partial charge in [0.2, 0.25) is 0 Å². The molecule has 134 valence electrons. The van der Waals surface area contributed by atoms with Gasteiger partial charge in [-0.25, -0.2) is 0 Å². The number of aromatic nitrogens is 1. The maximum atomic E-state index is 13.3. The fourth-order valence-electron chi connectivity index (χ4n) is 3.84. The second-order valence-electron chi connectivity index (χ2n) is 6.51. The zero-order valence-electron chi connectivity index (χ0n) is 15.0. The van der Waals surface area contributed by atoms with E-state index < -0.39 is 0 Å². The summed E-state index contributed by atoms with van der Waals surface area (Å²) in [7, 11) is 3.31. The third-order valence-electron chi connectivity index (χ3n) is 5.13. The number of rotatable bonds is 4. The number of H-pyrrole nitrogens is 1. The molecule has 1 saturated heterocycles. The number of carbonyl (C=O) groups excluding carboxylic acids is 1. The summed E-state index contributed by atoms with van der Waals surface area (Å²) in [6.07, 6.45) is 3.70. The molecule has 1 aliphatic rings. The molecule has 2 heterocycles. The van der Waals surface area contributed by atoms with Crippen LogP contribution in [0.2, 0.25) is 0 Å². The Morgan fingerprint density at radius 2 is 2.00 bits per heavy atom. The lowest BCUT2D eigenvalue weighted by molar-refractivity contribution is 0.0736. The number of ether oxygens (including phenoxy) is 2. The second-order valence-corrected chi connectivity index (χ2v) is 6.51. The van der Waals surface area contributed by atoms with Gasteiger partial charge in [-0.15, -0.1) is 0 Å². The molecule has 3 aromatic rings. The van der Waals surface area contributed by atoms with E-state index in [1.54, 1.807) is 14.2 Å². The summed E-state index contributed by atoms with van der Waals surface area (Å²) in [5.74, 6) is 1.61. The normalized spacial score (nSPS) is 16.8.